The van der Waals surface area contributed by atoms with Crippen LogP contribution in [-0.2, 0) is 0 Å². The van der Waals surface area contributed by atoms with Gasteiger partial charge in [-0.2, -0.15) is 0 Å². The molecule has 2 nitrogen and oxygen atoms in total. The van der Waals surface area contributed by atoms with E-state index in [4.69, 9.17) is 5.73 Å². The quantitative estimate of drug-likeness (QED) is 0.530. The van der Waals surface area contributed by atoms with Gasteiger partial charge in [0, 0.05) is 0 Å². The van der Waals surface area contributed by atoms with Gasteiger partial charge in [0.05, 0.1) is 0 Å². The first kappa shape index (κ1) is 7.03. The van der Waals surface area contributed by atoms with E-state index in [1.807, 2.05) is 20.3 Å². The number of hydrogen-bond donors (Lipinski definition) is 2. The van der Waals surface area contributed by atoms with E-state index in [-0.39, 0.29) is 5.54 Å². The lowest BCUT2D eigenvalue weighted by Gasteiger charge is -2.22. The fourth-order valence-electron chi connectivity index (χ4n) is 1.23. The van der Waals surface area contributed by atoms with Crippen molar-refractivity contribution in [3.63, 3.8) is 0 Å². The van der Waals surface area contributed by atoms with Gasteiger partial charge in [-0.3, -0.25) is 6.42 Å². The summed E-state index contributed by atoms with van der Waals surface area (Å²) >= 11 is 0. The minimum atomic E-state index is -0.651. The summed E-state index contributed by atoms with van der Waals surface area (Å²) in [6.45, 7) is 3.94. The van der Waals surface area contributed by atoms with Crippen molar-refractivity contribution in [2.24, 2.45) is 5.73 Å². The van der Waals surface area contributed by atoms with E-state index in [1.54, 1.807) is 0 Å². The van der Waals surface area contributed by atoms with Crippen LogP contribution < -0.4 is 5.73 Å². The Morgan fingerprint density at radius 3 is 2.11 bits per heavy atom. The lowest BCUT2D eigenvalue weighted by molar-refractivity contribution is 0.123. The molecule has 2 atom stereocenters. The average Bonchev–Trinajstić information content (AvgIpc) is 2.39. The van der Waals surface area contributed by atoms with Gasteiger partial charge in [-0.1, -0.05) is 32.3 Å². The Hall–Kier alpha value is -0.0800. The Balaban J connectivity index is 2.54. The molecule has 0 radical (unpaired) electrons. The molecule has 0 bridgehead atoms. The molecule has 0 heterocycles. The van der Waals surface area contributed by atoms with E-state index >= 15 is 0 Å². The second kappa shape index (κ2) is 1.70. The molecule has 0 saturated heterocycles. The van der Waals surface area contributed by atoms with E-state index in [0.717, 1.165) is 12.8 Å². The first-order chi connectivity index (χ1) is 4.08. The number of nitrogens with two attached hydrogens (primary N) is 1. The van der Waals surface area contributed by atoms with Crippen LogP contribution in [0.5, 0.6) is 0 Å². The van der Waals surface area contributed by atoms with Crippen molar-refractivity contribution in [3.05, 3.63) is 6.42 Å². The molecule has 3 N–H and O–H groups in total. The van der Waals surface area contributed by atoms with Gasteiger partial charge in [0.15, 0.2) is 0 Å². The maximum Gasteiger partial charge on any atom is -0.0561 e. The zero-order valence-electron chi connectivity index (χ0n) is 6.02. The van der Waals surface area contributed by atoms with Crippen LogP contribution in [0.25, 0.3) is 0 Å². The van der Waals surface area contributed by atoms with E-state index < -0.39 is 5.60 Å². The van der Waals surface area contributed by atoms with Crippen molar-refractivity contribution in [1.29, 1.82) is 0 Å². The molecular formula is C7H14NO-. The van der Waals surface area contributed by atoms with E-state index in [1.165, 1.54) is 0 Å². The highest BCUT2D eigenvalue weighted by Crippen LogP contribution is 2.48. The predicted octanol–water partition coefficient (Wildman–Crippen LogP) is 0.453. The zero-order valence-corrected chi connectivity index (χ0v) is 6.02. The van der Waals surface area contributed by atoms with Crippen molar-refractivity contribution in [3.8, 4) is 0 Å². The van der Waals surface area contributed by atoms with Crippen LogP contribution in [0.4, 0.5) is 0 Å². The molecule has 9 heavy (non-hydrogen) atoms. The van der Waals surface area contributed by atoms with Gasteiger partial charge in [0.25, 0.3) is 0 Å². The van der Waals surface area contributed by atoms with Crippen LogP contribution in [0.2, 0.25) is 0 Å². The SMILES string of the molecule is CCC1(N)[CH-]C1(O)CC. The third-order valence-corrected chi connectivity index (χ3v) is 2.34. The van der Waals surface area contributed by atoms with E-state index in [0.29, 0.717) is 0 Å². The summed E-state index contributed by atoms with van der Waals surface area (Å²) in [4.78, 5) is 0. The van der Waals surface area contributed by atoms with Crippen molar-refractivity contribution >= 4 is 0 Å². The minimum Gasteiger partial charge on any atom is -0.423 e. The maximum absolute atomic E-state index is 9.48. The predicted molar refractivity (Wildman–Crippen MR) is 36.8 cm³/mol. The summed E-state index contributed by atoms with van der Waals surface area (Å²) in [6, 6.07) is 0. The first-order valence-electron chi connectivity index (χ1n) is 3.46. The molecule has 1 aliphatic rings. The molecule has 0 aromatic carbocycles. The van der Waals surface area contributed by atoms with Crippen LogP contribution in [0, 0.1) is 6.42 Å². The molecule has 54 valence electrons. The summed E-state index contributed by atoms with van der Waals surface area (Å²) in [6.07, 6.45) is 3.38. The summed E-state index contributed by atoms with van der Waals surface area (Å²) < 4.78 is 0. The molecule has 2 heteroatoms. The fourth-order valence-corrected chi connectivity index (χ4v) is 1.23. The highest BCUT2D eigenvalue weighted by molar-refractivity contribution is 5.36. The van der Waals surface area contributed by atoms with Crippen LogP contribution in [0.15, 0.2) is 0 Å². The molecule has 2 unspecified atom stereocenters. The highest BCUT2D eigenvalue weighted by Gasteiger charge is 2.47. The van der Waals surface area contributed by atoms with Gasteiger partial charge in [-0.25, -0.2) is 0 Å². The Kier molecular flexibility index (Phi) is 1.33. The fraction of sp³-hybridized carbons (Fsp3) is 0.857. The van der Waals surface area contributed by atoms with Crippen molar-refractivity contribution in [2.75, 3.05) is 0 Å². The van der Waals surface area contributed by atoms with Gasteiger partial charge < -0.3 is 10.8 Å². The molecule has 1 fully saturated rings. The third-order valence-electron chi connectivity index (χ3n) is 2.34. The highest BCUT2D eigenvalue weighted by atomic mass is 16.3. The number of hydrogen-bond acceptors (Lipinski definition) is 2. The molecule has 0 aliphatic heterocycles. The van der Waals surface area contributed by atoms with Crippen LogP contribution in [-0.4, -0.2) is 16.2 Å². The van der Waals surface area contributed by atoms with Crippen molar-refractivity contribution in [2.45, 2.75) is 37.8 Å². The summed E-state index contributed by atoms with van der Waals surface area (Å²) in [7, 11) is 0. The normalized spacial score (nSPS) is 49.3. The molecule has 0 spiro atoms. The topological polar surface area (TPSA) is 46.2 Å². The first-order valence-corrected chi connectivity index (χ1v) is 3.46. The van der Waals surface area contributed by atoms with Crippen molar-refractivity contribution in [1.82, 2.24) is 0 Å². The molecular weight excluding hydrogens is 114 g/mol. The second-order valence-corrected chi connectivity index (χ2v) is 2.82. The van der Waals surface area contributed by atoms with Crippen LogP contribution in [0.3, 0.4) is 0 Å². The minimum absolute atomic E-state index is 0.373. The van der Waals surface area contributed by atoms with E-state index in [9.17, 15) is 5.11 Å². The Morgan fingerprint density at radius 1 is 1.44 bits per heavy atom. The second-order valence-electron chi connectivity index (χ2n) is 2.82. The maximum atomic E-state index is 9.48. The van der Waals surface area contributed by atoms with Gasteiger partial charge in [-0.15, -0.1) is 5.54 Å². The van der Waals surface area contributed by atoms with E-state index in [2.05, 4.69) is 0 Å². The smallest absolute Gasteiger partial charge is 0.0561 e. The molecule has 0 aromatic heterocycles. The summed E-state index contributed by atoms with van der Waals surface area (Å²) in [5, 5.41) is 9.48. The summed E-state index contributed by atoms with van der Waals surface area (Å²) in [5.74, 6) is 0. The van der Waals surface area contributed by atoms with Gasteiger partial charge in [-0.05, 0) is 0 Å². The number of aliphatic hydroxyl groups is 1. The monoisotopic (exact) mass is 128 g/mol. The standard InChI is InChI=1S/C7H14NO/c1-3-6(8)5-7(6,9)4-2/h5,9H,3-4,8H2,1-2H3/q-1. The largest absolute Gasteiger partial charge is 0.423 e. The molecule has 1 rings (SSSR count). The molecule has 0 aromatic rings. The molecule has 1 aliphatic carbocycles. The third kappa shape index (κ3) is 0.775. The Morgan fingerprint density at radius 2 is 2.00 bits per heavy atom. The van der Waals surface area contributed by atoms with Gasteiger partial charge >= 0.3 is 0 Å². The molecule has 0 amide bonds. The zero-order chi connectivity index (χ0) is 7.12. The van der Waals surface area contributed by atoms with Crippen LogP contribution >= 0.6 is 0 Å². The lowest BCUT2D eigenvalue weighted by Crippen LogP contribution is -2.33. The number of rotatable bonds is 2. The Bertz CT molecular complexity index is 112. The van der Waals surface area contributed by atoms with Gasteiger partial charge in [0.1, 0.15) is 0 Å². The molecule has 1 saturated carbocycles. The van der Waals surface area contributed by atoms with Gasteiger partial charge in [0.2, 0.25) is 0 Å². The lowest BCUT2D eigenvalue weighted by atomic mass is 10.1. The summed E-state index contributed by atoms with van der Waals surface area (Å²) in [5.41, 5.74) is 4.70. The van der Waals surface area contributed by atoms with Crippen molar-refractivity contribution < 1.29 is 5.11 Å². The van der Waals surface area contributed by atoms with Crippen LogP contribution in [0.1, 0.15) is 26.7 Å². The average molecular weight is 128 g/mol. The Labute approximate surface area is 56.1 Å².